The number of likely N-dealkylation sites (N-methyl/N-ethyl adjacent to an activating group) is 1. The van der Waals surface area contributed by atoms with E-state index in [1.807, 2.05) is 19.6 Å². The van der Waals surface area contributed by atoms with E-state index in [1.165, 1.54) is 5.69 Å². The first kappa shape index (κ1) is 14.2. The Bertz CT molecular complexity index is 341. The van der Waals surface area contributed by atoms with Crippen LogP contribution in [0.25, 0.3) is 0 Å². The largest absolute Gasteiger partial charge is 0.332 e. The molecule has 0 aliphatic rings. The van der Waals surface area contributed by atoms with Crippen LogP contribution in [0.15, 0.2) is 12.5 Å². The lowest BCUT2D eigenvalue weighted by molar-refractivity contribution is 0.258. The lowest BCUT2D eigenvalue weighted by Gasteiger charge is -2.27. The topological polar surface area (TPSA) is 33.1 Å². The minimum absolute atomic E-state index is 0.0348. The van der Waals surface area contributed by atoms with Gasteiger partial charge in [-0.05, 0) is 41.8 Å². The van der Waals surface area contributed by atoms with Gasteiger partial charge < -0.3 is 14.8 Å². The summed E-state index contributed by atoms with van der Waals surface area (Å²) in [5.41, 5.74) is 1.20. The summed E-state index contributed by atoms with van der Waals surface area (Å²) in [6.45, 7) is 10.8. The minimum Gasteiger partial charge on any atom is -0.332 e. The van der Waals surface area contributed by atoms with Crippen molar-refractivity contribution < 1.29 is 0 Å². The van der Waals surface area contributed by atoms with E-state index in [0.717, 1.165) is 13.1 Å². The molecule has 0 bridgehead atoms. The Hall–Kier alpha value is -0.870. The molecule has 0 aliphatic carbocycles. The molecule has 4 heteroatoms. The number of hydrogen-bond donors (Lipinski definition) is 1. The molecule has 0 radical (unpaired) electrons. The molecule has 1 heterocycles. The van der Waals surface area contributed by atoms with Gasteiger partial charge in [0.05, 0.1) is 17.6 Å². The third-order valence-electron chi connectivity index (χ3n) is 3.55. The van der Waals surface area contributed by atoms with E-state index >= 15 is 0 Å². The lowest BCUT2D eigenvalue weighted by Crippen LogP contribution is -2.36. The van der Waals surface area contributed by atoms with Crippen LogP contribution in [-0.4, -0.2) is 41.1 Å². The van der Waals surface area contributed by atoms with E-state index in [0.29, 0.717) is 6.04 Å². The van der Waals surface area contributed by atoms with E-state index in [9.17, 15) is 0 Å². The average Bonchev–Trinajstić information content (AvgIpc) is 2.74. The lowest BCUT2D eigenvalue weighted by atomic mass is 10.0. The highest BCUT2D eigenvalue weighted by Crippen LogP contribution is 2.18. The number of nitrogens with one attached hydrogen (secondary N) is 1. The molecule has 0 saturated carbocycles. The van der Waals surface area contributed by atoms with E-state index in [4.69, 9.17) is 0 Å². The molecular formula is C13H26N4. The van der Waals surface area contributed by atoms with Gasteiger partial charge in [-0.1, -0.05) is 0 Å². The first-order valence-electron chi connectivity index (χ1n) is 6.28. The summed E-state index contributed by atoms with van der Waals surface area (Å²) in [5.74, 6) is 0. The average molecular weight is 238 g/mol. The molecular weight excluding hydrogens is 212 g/mol. The number of rotatable bonds is 6. The van der Waals surface area contributed by atoms with Crippen molar-refractivity contribution in [2.75, 3.05) is 20.6 Å². The molecule has 1 aromatic heterocycles. The highest BCUT2D eigenvalue weighted by molar-refractivity contribution is 5.10. The fourth-order valence-corrected chi connectivity index (χ4v) is 1.67. The quantitative estimate of drug-likeness (QED) is 0.818. The molecule has 1 aromatic rings. The predicted molar refractivity (Wildman–Crippen MR) is 72.1 cm³/mol. The van der Waals surface area contributed by atoms with Crippen molar-refractivity contribution in [1.29, 1.82) is 0 Å². The van der Waals surface area contributed by atoms with Gasteiger partial charge in [-0.2, -0.15) is 0 Å². The highest BCUT2D eigenvalue weighted by atomic mass is 15.2. The van der Waals surface area contributed by atoms with Gasteiger partial charge in [0.2, 0.25) is 0 Å². The maximum absolute atomic E-state index is 4.26. The van der Waals surface area contributed by atoms with Crippen LogP contribution in [0.4, 0.5) is 0 Å². The van der Waals surface area contributed by atoms with Crippen LogP contribution in [0.2, 0.25) is 0 Å². The summed E-state index contributed by atoms with van der Waals surface area (Å²) in [4.78, 5) is 6.61. The summed E-state index contributed by atoms with van der Waals surface area (Å²) < 4.78 is 2.23. The zero-order valence-electron chi connectivity index (χ0n) is 12.0. The SMILES string of the molecule is CNC(C)(C)c1cncn1CCN(C)C(C)C. The first-order valence-corrected chi connectivity index (χ1v) is 6.28. The highest BCUT2D eigenvalue weighted by Gasteiger charge is 2.22. The third-order valence-corrected chi connectivity index (χ3v) is 3.55. The van der Waals surface area contributed by atoms with Crippen molar-refractivity contribution in [3.8, 4) is 0 Å². The first-order chi connectivity index (χ1) is 7.88. The van der Waals surface area contributed by atoms with E-state index < -0.39 is 0 Å². The van der Waals surface area contributed by atoms with Crippen molar-refractivity contribution in [2.24, 2.45) is 0 Å². The van der Waals surface area contributed by atoms with Crippen LogP contribution < -0.4 is 5.32 Å². The molecule has 0 saturated heterocycles. The van der Waals surface area contributed by atoms with E-state index in [2.05, 4.69) is 54.5 Å². The van der Waals surface area contributed by atoms with Gasteiger partial charge >= 0.3 is 0 Å². The molecule has 17 heavy (non-hydrogen) atoms. The summed E-state index contributed by atoms with van der Waals surface area (Å²) in [5, 5.41) is 3.32. The van der Waals surface area contributed by atoms with Gasteiger partial charge in [-0.3, -0.25) is 0 Å². The second kappa shape index (κ2) is 5.65. The van der Waals surface area contributed by atoms with Crippen molar-refractivity contribution in [1.82, 2.24) is 19.8 Å². The van der Waals surface area contributed by atoms with Crippen LogP contribution >= 0.6 is 0 Å². The van der Waals surface area contributed by atoms with Crippen LogP contribution in [0.3, 0.4) is 0 Å². The van der Waals surface area contributed by atoms with E-state index in [1.54, 1.807) is 0 Å². The Morgan fingerprint density at radius 2 is 2.12 bits per heavy atom. The molecule has 1 rings (SSSR count). The number of hydrogen-bond acceptors (Lipinski definition) is 3. The van der Waals surface area contributed by atoms with Crippen LogP contribution in [0.1, 0.15) is 33.4 Å². The number of nitrogens with zero attached hydrogens (tertiary/aromatic N) is 3. The van der Waals surface area contributed by atoms with Crippen LogP contribution in [-0.2, 0) is 12.1 Å². The fraction of sp³-hybridized carbons (Fsp3) is 0.769. The van der Waals surface area contributed by atoms with Crippen molar-refractivity contribution in [3.63, 3.8) is 0 Å². The second-order valence-corrected chi connectivity index (χ2v) is 5.42. The Balaban J connectivity index is 2.70. The third kappa shape index (κ3) is 3.54. The Morgan fingerprint density at radius 3 is 2.65 bits per heavy atom. The molecule has 0 aliphatic heterocycles. The van der Waals surface area contributed by atoms with Crippen molar-refractivity contribution in [3.05, 3.63) is 18.2 Å². The Labute approximate surface area is 105 Å². The van der Waals surface area contributed by atoms with Crippen molar-refractivity contribution >= 4 is 0 Å². The number of imidazole rings is 1. The maximum atomic E-state index is 4.26. The zero-order valence-corrected chi connectivity index (χ0v) is 12.0. The van der Waals surface area contributed by atoms with Crippen LogP contribution in [0, 0.1) is 0 Å². The van der Waals surface area contributed by atoms with E-state index in [-0.39, 0.29) is 5.54 Å². The summed E-state index contributed by atoms with van der Waals surface area (Å²) in [7, 11) is 4.14. The molecule has 1 N–H and O–H groups in total. The Morgan fingerprint density at radius 1 is 1.47 bits per heavy atom. The minimum atomic E-state index is -0.0348. The normalized spacial score (nSPS) is 12.7. The fourth-order valence-electron chi connectivity index (χ4n) is 1.67. The van der Waals surface area contributed by atoms with Gasteiger partial charge in [0, 0.05) is 25.3 Å². The summed E-state index contributed by atoms with van der Waals surface area (Å²) in [6.07, 6.45) is 3.87. The Kier molecular flexibility index (Phi) is 4.71. The van der Waals surface area contributed by atoms with Crippen molar-refractivity contribution in [2.45, 2.75) is 45.8 Å². The zero-order chi connectivity index (χ0) is 13.1. The van der Waals surface area contributed by atoms with Gasteiger partial charge in [0.1, 0.15) is 0 Å². The maximum Gasteiger partial charge on any atom is 0.0949 e. The van der Waals surface area contributed by atoms with Gasteiger partial charge in [-0.15, -0.1) is 0 Å². The van der Waals surface area contributed by atoms with Gasteiger partial charge in [0.15, 0.2) is 0 Å². The number of aromatic nitrogens is 2. The summed E-state index contributed by atoms with van der Waals surface area (Å²) in [6, 6.07) is 0.583. The van der Waals surface area contributed by atoms with Crippen LogP contribution in [0.5, 0.6) is 0 Å². The second-order valence-electron chi connectivity index (χ2n) is 5.42. The molecule has 0 unspecified atom stereocenters. The molecule has 0 amide bonds. The predicted octanol–water partition coefficient (Wildman–Crippen LogP) is 1.68. The van der Waals surface area contributed by atoms with Gasteiger partial charge in [0.25, 0.3) is 0 Å². The molecule has 0 aromatic carbocycles. The summed E-state index contributed by atoms with van der Waals surface area (Å²) >= 11 is 0. The monoisotopic (exact) mass is 238 g/mol. The molecule has 0 spiro atoms. The molecule has 4 nitrogen and oxygen atoms in total. The molecule has 0 fully saturated rings. The molecule has 0 atom stereocenters. The molecule has 98 valence electrons. The van der Waals surface area contributed by atoms with Gasteiger partial charge in [-0.25, -0.2) is 4.98 Å². The standard InChI is InChI=1S/C13H26N4/c1-11(2)16(6)7-8-17-10-15-9-12(17)13(3,4)14-5/h9-11,14H,7-8H2,1-6H3. The smallest absolute Gasteiger partial charge is 0.0949 e.